The van der Waals surface area contributed by atoms with Crippen molar-refractivity contribution in [3.05, 3.63) is 35.6 Å². The number of rotatable bonds is 7. The summed E-state index contributed by atoms with van der Waals surface area (Å²) in [6.07, 6.45) is -0.475. The predicted molar refractivity (Wildman–Crippen MR) is 78.1 cm³/mol. The maximum atomic E-state index is 5.85. The number of benzene rings is 1. The van der Waals surface area contributed by atoms with Gasteiger partial charge in [0.15, 0.2) is 6.29 Å². The zero-order chi connectivity index (χ0) is 14.5. The molecule has 20 heavy (non-hydrogen) atoms. The van der Waals surface area contributed by atoms with Crippen LogP contribution in [-0.2, 0) is 9.47 Å². The average molecular weight is 278 g/mol. The molecule has 0 saturated carbocycles. The van der Waals surface area contributed by atoms with Gasteiger partial charge in [0, 0.05) is 18.6 Å². The first-order valence-electron chi connectivity index (χ1n) is 6.89. The van der Waals surface area contributed by atoms with Crippen molar-refractivity contribution >= 4 is 11.0 Å². The van der Waals surface area contributed by atoms with E-state index in [1.54, 1.807) is 0 Å². The van der Waals surface area contributed by atoms with Crippen molar-refractivity contribution in [3.63, 3.8) is 0 Å². The first kappa shape index (κ1) is 15.0. The fourth-order valence-corrected chi connectivity index (χ4v) is 2.20. The van der Waals surface area contributed by atoms with Crippen LogP contribution in [-0.4, -0.2) is 19.5 Å². The standard InChI is InChI=1S/C15H22N2O3/c1-4-18-15(19-5-2)14(17-16)13-9-11-8-10(3)6-7-12(11)20-13/h6-9,14-15,17H,4-5,16H2,1-3H3. The van der Waals surface area contributed by atoms with E-state index in [9.17, 15) is 0 Å². The fourth-order valence-electron chi connectivity index (χ4n) is 2.20. The number of hydrogen-bond donors (Lipinski definition) is 2. The first-order valence-corrected chi connectivity index (χ1v) is 6.89. The number of nitrogens with one attached hydrogen (secondary N) is 1. The summed E-state index contributed by atoms with van der Waals surface area (Å²) in [5, 5.41) is 1.05. The SMILES string of the molecule is CCOC(OCC)C(NN)c1cc2cc(C)ccc2o1. The second kappa shape index (κ2) is 6.85. The van der Waals surface area contributed by atoms with Gasteiger partial charge < -0.3 is 13.9 Å². The highest BCUT2D eigenvalue weighted by Gasteiger charge is 2.26. The number of fused-ring (bicyclic) bond motifs is 1. The second-order valence-corrected chi connectivity index (χ2v) is 4.61. The largest absolute Gasteiger partial charge is 0.459 e. The van der Waals surface area contributed by atoms with Crippen molar-refractivity contribution < 1.29 is 13.9 Å². The Morgan fingerprint density at radius 3 is 2.50 bits per heavy atom. The Bertz CT molecular complexity index is 547. The minimum Gasteiger partial charge on any atom is -0.459 e. The van der Waals surface area contributed by atoms with E-state index in [0.29, 0.717) is 19.0 Å². The van der Waals surface area contributed by atoms with Gasteiger partial charge in [0.1, 0.15) is 17.4 Å². The monoisotopic (exact) mass is 278 g/mol. The Balaban J connectivity index is 2.31. The minimum atomic E-state index is -0.475. The van der Waals surface area contributed by atoms with Crippen molar-refractivity contribution in [3.8, 4) is 0 Å². The maximum Gasteiger partial charge on any atom is 0.181 e. The molecule has 0 aliphatic carbocycles. The van der Waals surface area contributed by atoms with Crippen LogP contribution in [0.3, 0.4) is 0 Å². The molecule has 0 fully saturated rings. The molecule has 0 spiro atoms. The van der Waals surface area contributed by atoms with Gasteiger partial charge in [-0.05, 0) is 39.0 Å². The van der Waals surface area contributed by atoms with Gasteiger partial charge in [-0.1, -0.05) is 11.6 Å². The molecule has 110 valence electrons. The van der Waals surface area contributed by atoms with Crippen LogP contribution >= 0.6 is 0 Å². The van der Waals surface area contributed by atoms with Crippen molar-refractivity contribution in [2.75, 3.05) is 13.2 Å². The van der Waals surface area contributed by atoms with Crippen molar-refractivity contribution in [2.45, 2.75) is 33.1 Å². The molecule has 0 radical (unpaired) electrons. The zero-order valence-electron chi connectivity index (χ0n) is 12.2. The molecule has 1 aromatic carbocycles. The van der Waals surface area contributed by atoms with E-state index in [0.717, 1.165) is 11.0 Å². The predicted octanol–water partition coefficient (Wildman–Crippen LogP) is 2.64. The highest BCUT2D eigenvalue weighted by atomic mass is 16.7. The normalized spacial score (nSPS) is 13.2. The van der Waals surface area contributed by atoms with E-state index in [-0.39, 0.29) is 6.04 Å². The van der Waals surface area contributed by atoms with Gasteiger partial charge in [0.2, 0.25) is 0 Å². The summed E-state index contributed by atoms with van der Waals surface area (Å²) < 4.78 is 17.0. The zero-order valence-corrected chi connectivity index (χ0v) is 12.2. The Labute approximate surface area is 119 Å². The highest BCUT2D eigenvalue weighted by molar-refractivity contribution is 5.78. The maximum absolute atomic E-state index is 5.85. The summed E-state index contributed by atoms with van der Waals surface area (Å²) in [4.78, 5) is 0. The second-order valence-electron chi connectivity index (χ2n) is 4.61. The fraction of sp³-hybridized carbons (Fsp3) is 0.467. The molecular weight excluding hydrogens is 256 g/mol. The number of hydrazine groups is 1. The minimum absolute atomic E-state index is 0.345. The number of nitrogens with two attached hydrogens (primary N) is 1. The summed E-state index contributed by atoms with van der Waals surface area (Å²) in [6, 6.07) is 7.67. The number of hydrogen-bond acceptors (Lipinski definition) is 5. The molecule has 0 bridgehead atoms. The van der Waals surface area contributed by atoms with Gasteiger partial charge in [-0.3, -0.25) is 5.84 Å². The summed E-state index contributed by atoms with van der Waals surface area (Å²) in [7, 11) is 0. The van der Waals surface area contributed by atoms with Crippen LogP contribution < -0.4 is 11.3 Å². The van der Waals surface area contributed by atoms with Gasteiger partial charge in [0.25, 0.3) is 0 Å². The molecule has 5 nitrogen and oxygen atoms in total. The molecule has 0 aliphatic rings. The highest BCUT2D eigenvalue weighted by Crippen LogP contribution is 2.27. The van der Waals surface area contributed by atoms with Crippen LogP contribution in [0.15, 0.2) is 28.7 Å². The smallest absolute Gasteiger partial charge is 0.181 e. The lowest BCUT2D eigenvalue weighted by molar-refractivity contribution is -0.157. The number of ether oxygens (including phenoxy) is 2. The molecular formula is C15H22N2O3. The Hall–Kier alpha value is -1.40. The van der Waals surface area contributed by atoms with Crippen LogP contribution in [0.4, 0.5) is 0 Å². The molecule has 1 atom stereocenters. The molecule has 1 aromatic heterocycles. The van der Waals surface area contributed by atoms with Gasteiger partial charge >= 0.3 is 0 Å². The molecule has 5 heteroatoms. The van der Waals surface area contributed by atoms with Crippen LogP contribution in [0.2, 0.25) is 0 Å². The van der Waals surface area contributed by atoms with E-state index in [2.05, 4.69) is 11.5 Å². The van der Waals surface area contributed by atoms with E-state index in [1.807, 2.05) is 39.0 Å². The molecule has 0 amide bonds. The molecule has 1 heterocycles. The van der Waals surface area contributed by atoms with Gasteiger partial charge in [-0.15, -0.1) is 0 Å². The van der Waals surface area contributed by atoms with E-state index < -0.39 is 6.29 Å². The molecule has 2 aromatic rings. The van der Waals surface area contributed by atoms with Crippen molar-refractivity contribution in [1.82, 2.24) is 5.43 Å². The van der Waals surface area contributed by atoms with Crippen LogP contribution in [0.25, 0.3) is 11.0 Å². The van der Waals surface area contributed by atoms with Crippen molar-refractivity contribution in [2.24, 2.45) is 5.84 Å². The quantitative estimate of drug-likeness (QED) is 0.463. The van der Waals surface area contributed by atoms with E-state index in [1.165, 1.54) is 5.56 Å². The van der Waals surface area contributed by atoms with Gasteiger partial charge in [0.05, 0.1) is 0 Å². The van der Waals surface area contributed by atoms with Gasteiger partial charge in [-0.2, -0.15) is 0 Å². The van der Waals surface area contributed by atoms with Crippen molar-refractivity contribution in [1.29, 1.82) is 0 Å². The van der Waals surface area contributed by atoms with Crippen LogP contribution in [0.5, 0.6) is 0 Å². The Kier molecular flexibility index (Phi) is 5.14. The van der Waals surface area contributed by atoms with E-state index in [4.69, 9.17) is 19.7 Å². The summed E-state index contributed by atoms with van der Waals surface area (Å²) in [5.41, 5.74) is 4.74. The Morgan fingerprint density at radius 1 is 1.20 bits per heavy atom. The lowest BCUT2D eigenvalue weighted by Crippen LogP contribution is -2.39. The summed E-state index contributed by atoms with van der Waals surface area (Å²) >= 11 is 0. The third kappa shape index (κ3) is 3.19. The molecule has 0 aliphatic heterocycles. The van der Waals surface area contributed by atoms with Crippen LogP contribution in [0, 0.1) is 6.92 Å². The molecule has 3 N–H and O–H groups in total. The topological polar surface area (TPSA) is 69.7 Å². The molecule has 1 unspecified atom stereocenters. The molecule has 2 rings (SSSR count). The molecule has 0 saturated heterocycles. The number of aryl methyl sites for hydroxylation is 1. The third-order valence-electron chi connectivity index (χ3n) is 3.11. The first-order chi connectivity index (χ1) is 9.69. The Morgan fingerprint density at radius 2 is 1.90 bits per heavy atom. The third-order valence-corrected chi connectivity index (χ3v) is 3.11. The average Bonchev–Trinajstić information content (AvgIpc) is 2.82. The number of furan rings is 1. The summed E-state index contributed by atoms with van der Waals surface area (Å²) in [6.45, 7) is 6.97. The van der Waals surface area contributed by atoms with E-state index >= 15 is 0 Å². The summed E-state index contributed by atoms with van der Waals surface area (Å²) in [5.74, 6) is 6.36. The van der Waals surface area contributed by atoms with Gasteiger partial charge in [-0.25, -0.2) is 5.43 Å². The van der Waals surface area contributed by atoms with Crippen LogP contribution in [0.1, 0.15) is 31.2 Å². The lowest BCUT2D eigenvalue weighted by atomic mass is 10.1. The lowest BCUT2D eigenvalue weighted by Gasteiger charge is -2.24.